The van der Waals surface area contributed by atoms with Gasteiger partial charge in [-0.05, 0) is 19.9 Å². The number of phenolic OH excluding ortho intramolecular Hbond substituents is 3. The third kappa shape index (κ3) is 8.37. The van der Waals surface area contributed by atoms with Crippen molar-refractivity contribution in [2.75, 3.05) is 12.4 Å². The molecular formula is C40H51N3O13. The maximum atomic E-state index is 14.2. The van der Waals surface area contributed by atoms with E-state index in [0.717, 1.165) is 12.5 Å². The number of ether oxygens (including phenoxy) is 4. The lowest BCUT2D eigenvalue weighted by Crippen LogP contribution is -2.46. The van der Waals surface area contributed by atoms with Crippen molar-refractivity contribution in [1.82, 2.24) is 5.43 Å². The number of aromatic hydroxyl groups is 3. The van der Waals surface area contributed by atoms with Crippen LogP contribution in [0.15, 0.2) is 41.2 Å². The van der Waals surface area contributed by atoms with Crippen LogP contribution in [-0.2, 0) is 28.6 Å². The number of esters is 1. The number of allylic oxidation sites excluding steroid dienone is 2. The van der Waals surface area contributed by atoms with E-state index in [1.54, 1.807) is 33.8 Å². The van der Waals surface area contributed by atoms with Crippen LogP contribution in [0.3, 0.4) is 0 Å². The molecule has 0 aliphatic carbocycles. The predicted octanol–water partition coefficient (Wildman–Crippen LogP) is 4.22. The number of carbonyl (C=O) groups excluding carboxylic acids is 4. The van der Waals surface area contributed by atoms with Gasteiger partial charge in [0.15, 0.2) is 5.75 Å². The first-order chi connectivity index (χ1) is 26.2. The highest BCUT2D eigenvalue weighted by molar-refractivity contribution is 6.23. The molecule has 16 nitrogen and oxygen atoms in total. The van der Waals surface area contributed by atoms with Crippen LogP contribution in [0.5, 0.6) is 23.0 Å². The molecule has 56 heavy (non-hydrogen) atoms. The zero-order valence-electron chi connectivity index (χ0n) is 33.0. The minimum absolute atomic E-state index is 0.00113. The summed E-state index contributed by atoms with van der Waals surface area (Å²) in [5, 5.41) is 63.2. The topological polar surface area (TPSA) is 243 Å². The van der Waals surface area contributed by atoms with Gasteiger partial charge in [0, 0.05) is 68.1 Å². The Morgan fingerprint density at radius 3 is 2.21 bits per heavy atom. The fraction of sp³-hybridized carbons (Fsp3) is 0.475. The third-order valence-electron chi connectivity index (χ3n) is 10.4. The first-order valence-electron chi connectivity index (χ1n) is 18.1. The number of hydrazone groups is 1. The van der Waals surface area contributed by atoms with Crippen molar-refractivity contribution < 1.29 is 63.7 Å². The van der Waals surface area contributed by atoms with Crippen LogP contribution in [0.1, 0.15) is 76.9 Å². The van der Waals surface area contributed by atoms with E-state index in [0.29, 0.717) is 0 Å². The van der Waals surface area contributed by atoms with Gasteiger partial charge in [-0.1, -0.05) is 45.9 Å². The summed E-state index contributed by atoms with van der Waals surface area (Å²) in [6.45, 7) is 13.4. The van der Waals surface area contributed by atoms with E-state index >= 15 is 0 Å². The molecule has 5 rings (SSSR count). The van der Waals surface area contributed by atoms with Crippen LogP contribution in [0.4, 0.5) is 5.69 Å². The summed E-state index contributed by atoms with van der Waals surface area (Å²) in [7, 11) is 1.41. The zero-order valence-corrected chi connectivity index (χ0v) is 33.0. The molecule has 3 aliphatic heterocycles. The highest BCUT2D eigenvalue weighted by atomic mass is 16.7. The first-order valence-corrected chi connectivity index (χ1v) is 18.1. The number of carbonyl (C=O) groups is 4. The lowest BCUT2D eigenvalue weighted by atomic mass is 9.78. The number of nitrogens with one attached hydrogen (secondary N) is 2. The second kappa shape index (κ2) is 17.1. The summed E-state index contributed by atoms with van der Waals surface area (Å²) in [5.74, 6) is -9.60. The van der Waals surface area contributed by atoms with Crippen molar-refractivity contribution in [1.29, 1.82) is 0 Å². The summed E-state index contributed by atoms with van der Waals surface area (Å²) >= 11 is 0. The molecule has 7 N–H and O–H groups in total. The lowest BCUT2D eigenvalue weighted by molar-refractivity contribution is -0.160. The van der Waals surface area contributed by atoms with Crippen LogP contribution < -0.4 is 15.5 Å². The van der Waals surface area contributed by atoms with E-state index in [1.807, 2.05) is 0 Å². The van der Waals surface area contributed by atoms with Gasteiger partial charge in [-0.15, -0.1) is 0 Å². The number of amides is 2. The summed E-state index contributed by atoms with van der Waals surface area (Å²) in [6, 6.07) is 0. The highest BCUT2D eigenvalue weighted by Gasteiger charge is 2.50. The molecule has 0 radical (unpaired) electrons. The van der Waals surface area contributed by atoms with Gasteiger partial charge in [0.25, 0.3) is 11.7 Å². The Labute approximate surface area is 324 Å². The number of aliphatic hydroxyl groups is 2. The molecule has 2 amide bonds. The van der Waals surface area contributed by atoms with Gasteiger partial charge < -0.3 is 49.8 Å². The Hall–Kier alpha value is -5.45. The average Bonchev–Trinajstić information content (AvgIpc) is 3.41. The number of hydrogen-bond donors (Lipinski definition) is 7. The van der Waals surface area contributed by atoms with E-state index in [-0.39, 0.29) is 33.4 Å². The molecular weight excluding hydrogens is 730 g/mol. The van der Waals surface area contributed by atoms with Gasteiger partial charge in [-0.2, -0.15) is 5.10 Å². The zero-order chi connectivity index (χ0) is 42.0. The molecule has 0 aromatic heterocycles. The number of methoxy groups -OCH3 is 1. The van der Waals surface area contributed by atoms with Crippen LogP contribution in [-0.4, -0.2) is 92.6 Å². The van der Waals surface area contributed by atoms with Gasteiger partial charge in [0.2, 0.25) is 5.91 Å². The van der Waals surface area contributed by atoms with Crippen molar-refractivity contribution in [2.45, 2.75) is 92.5 Å². The minimum Gasteiger partial charge on any atom is -0.507 e. The maximum absolute atomic E-state index is 14.2. The van der Waals surface area contributed by atoms with Gasteiger partial charge in [-0.25, -0.2) is 5.43 Å². The standard InChI is InChI=1S/C40H51N3O13/c1-17-12-11-13-18(2)39(52)42-30-25(16-41-43-23(7)44)34(49)27-28(35(30)50)33(48)22(6)37-29(27)38(51)40(9,56-37)54-15-14-26(53-10)19(3)36(55-24(8)45)21(5)32(47)20(4)31(17)46/h11-17,19-21,26,31-32,36,46-50H,1-10H3,(H,42,52)(H,43,44)/b12-11-,15-14-,18-13-,41-16+. The number of fused-ring (bicyclic) bond motifs is 14. The van der Waals surface area contributed by atoms with E-state index < -0.39 is 106 Å². The second-order valence-electron chi connectivity index (χ2n) is 14.5. The quantitative estimate of drug-likeness (QED) is 0.0757. The Balaban J connectivity index is 1.98. The van der Waals surface area contributed by atoms with Crippen molar-refractivity contribution in [3.05, 3.63) is 52.8 Å². The highest BCUT2D eigenvalue weighted by Crippen LogP contribution is 2.55. The Bertz CT molecular complexity index is 2020. The third-order valence-corrected chi connectivity index (χ3v) is 10.4. The SMILES string of the molecule is COC1/C=C\OC2(C)Oc3c(C)c(O)c4c(O)c(c(/C=N/NC(C)=O)c(O)c4c3C2=O)NC(=O)/C(C)=C\C=C/C(C)C(O)C(C)C(O)C(C)C(OC(C)=O)C1C. The summed E-state index contributed by atoms with van der Waals surface area (Å²) in [5.41, 5.74) is 1.28. The Morgan fingerprint density at radius 2 is 1.61 bits per heavy atom. The lowest BCUT2D eigenvalue weighted by Gasteiger charge is -2.38. The van der Waals surface area contributed by atoms with E-state index in [9.17, 15) is 44.7 Å². The minimum atomic E-state index is -2.09. The van der Waals surface area contributed by atoms with Crippen molar-refractivity contribution in [3.63, 3.8) is 0 Å². The molecule has 3 aliphatic rings. The second-order valence-corrected chi connectivity index (χ2v) is 14.5. The molecule has 0 fully saturated rings. The molecule has 9 atom stereocenters. The van der Waals surface area contributed by atoms with Crippen LogP contribution >= 0.6 is 0 Å². The summed E-state index contributed by atoms with van der Waals surface area (Å²) in [4.78, 5) is 51.7. The molecule has 0 spiro atoms. The fourth-order valence-corrected chi connectivity index (χ4v) is 7.06. The number of anilines is 1. The molecule has 5 bridgehead atoms. The van der Waals surface area contributed by atoms with Crippen LogP contribution in [0.25, 0.3) is 10.8 Å². The monoisotopic (exact) mass is 781 g/mol. The molecule has 16 heteroatoms. The van der Waals surface area contributed by atoms with Crippen LogP contribution in [0, 0.1) is 30.6 Å². The molecule has 304 valence electrons. The van der Waals surface area contributed by atoms with E-state index in [2.05, 4.69) is 15.8 Å². The van der Waals surface area contributed by atoms with Gasteiger partial charge >= 0.3 is 11.8 Å². The van der Waals surface area contributed by atoms with Crippen molar-refractivity contribution in [3.8, 4) is 23.0 Å². The van der Waals surface area contributed by atoms with Crippen LogP contribution in [0.2, 0.25) is 0 Å². The normalized spacial score (nSPS) is 31.0. The smallest absolute Gasteiger partial charge is 0.312 e. The van der Waals surface area contributed by atoms with Crippen molar-refractivity contribution in [2.24, 2.45) is 28.8 Å². The number of aliphatic hydroxyl groups excluding tert-OH is 2. The summed E-state index contributed by atoms with van der Waals surface area (Å²) < 4.78 is 23.3. The fourth-order valence-electron chi connectivity index (χ4n) is 7.06. The Kier molecular flexibility index (Phi) is 13.2. The summed E-state index contributed by atoms with van der Waals surface area (Å²) in [6.07, 6.45) is 4.19. The number of Topliss-reactive ketones (excluding diaryl/α,β-unsaturated/α-hetero) is 1. The number of rotatable bonds is 4. The molecule has 2 aromatic carbocycles. The number of hydrogen-bond acceptors (Lipinski definition) is 14. The molecule has 3 heterocycles. The largest absolute Gasteiger partial charge is 0.507 e. The van der Waals surface area contributed by atoms with E-state index in [1.165, 1.54) is 60.0 Å². The Morgan fingerprint density at radius 1 is 0.946 bits per heavy atom. The van der Waals surface area contributed by atoms with Gasteiger partial charge in [0.1, 0.15) is 23.4 Å². The predicted molar refractivity (Wildman–Crippen MR) is 205 cm³/mol. The number of phenols is 3. The van der Waals surface area contributed by atoms with Crippen molar-refractivity contribution >= 4 is 46.2 Å². The maximum Gasteiger partial charge on any atom is 0.312 e. The molecule has 0 saturated carbocycles. The molecule has 2 aromatic rings. The molecule has 9 unspecified atom stereocenters. The average molecular weight is 782 g/mol. The number of ketones is 1. The molecule has 0 saturated heterocycles. The van der Waals surface area contributed by atoms with Gasteiger partial charge in [0.05, 0.1) is 53.0 Å². The first kappa shape index (κ1) is 43.3. The number of nitrogens with zero attached hydrogens (tertiary/aromatic N) is 1. The van der Waals surface area contributed by atoms with E-state index in [4.69, 9.17) is 18.9 Å². The van der Waals surface area contributed by atoms with Gasteiger partial charge in [-0.3, -0.25) is 19.2 Å². The number of benzene rings is 2.